The van der Waals surface area contributed by atoms with E-state index < -0.39 is 0 Å². The van der Waals surface area contributed by atoms with Gasteiger partial charge in [0, 0.05) is 28.0 Å². The summed E-state index contributed by atoms with van der Waals surface area (Å²) in [5.74, 6) is -0.225. The number of carbonyl (C=O) groups is 1. The average molecular weight is 385 g/mol. The smallest absolute Gasteiger partial charge is 0.252 e. The first-order chi connectivity index (χ1) is 11.6. The second-order valence-electron chi connectivity index (χ2n) is 5.58. The summed E-state index contributed by atoms with van der Waals surface area (Å²) in [6.07, 6.45) is 1.75. The number of carbonyl (C=O) groups excluding carboxylic acids is 1. The average Bonchev–Trinajstić information content (AvgIpc) is 2.59. The van der Waals surface area contributed by atoms with Crippen LogP contribution in [0.1, 0.15) is 22.3 Å². The Balaban J connectivity index is 1.70. The monoisotopic (exact) mass is 384 g/mol. The normalized spacial score (nSPS) is 10.7. The van der Waals surface area contributed by atoms with Crippen LogP contribution < -0.4 is 10.9 Å². The third kappa shape index (κ3) is 3.92. The molecule has 3 rings (SSSR count). The Morgan fingerprint density at radius 1 is 1.08 bits per heavy atom. The number of aromatic nitrogens is 1. The number of H-pyrrole nitrogens is 1. The van der Waals surface area contributed by atoms with Crippen molar-refractivity contribution in [3.63, 3.8) is 0 Å². The minimum atomic E-state index is -0.278. The number of benzene rings is 2. The van der Waals surface area contributed by atoms with Crippen molar-refractivity contribution < 1.29 is 4.79 Å². The quantitative estimate of drug-likeness (QED) is 0.659. The van der Waals surface area contributed by atoms with E-state index in [0.717, 1.165) is 22.7 Å². The van der Waals surface area contributed by atoms with Crippen molar-refractivity contribution in [3.05, 3.63) is 80.6 Å². The third-order valence-electron chi connectivity index (χ3n) is 3.82. The van der Waals surface area contributed by atoms with Crippen LogP contribution >= 0.6 is 15.9 Å². The molecule has 0 aliphatic carbocycles. The van der Waals surface area contributed by atoms with Crippen molar-refractivity contribution in [2.75, 3.05) is 6.54 Å². The van der Waals surface area contributed by atoms with Gasteiger partial charge in [-0.05, 0) is 36.6 Å². The molecule has 5 heteroatoms. The molecule has 0 aliphatic rings. The number of pyridine rings is 1. The molecule has 0 saturated carbocycles. The van der Waals surface area contributed by atoms with Crippen LogP contribution in [0.2, 0.25) is 0 Å². The summed E-state index contributed by atoms with van der Waals surface area (Å²) in [5, 5.41) is 3.63. The van der Waals surface area contributed by atoms with E-state index in [1.165, 1.54) is 11.6 Å². The zero-order valence-electron chi connectivity index (χ0n) is 13.0. The minimum absolute atomic E-state index is 0.225. The molecular formula is C19H17BrN2O2. The van der Waals surface area contributed by atoms with Gasteiger partial charge < -0.3 is 10.3 Å². The SMILES string of the molecule is O=C(NCCCc1ccccc1)c1cc(=O)[nH]c2ccc(Br)cc12. The largest absolute Gasteiger partial charge is 0.352 e. The molecule has 0 bridgehead atoms. The maximum Gasteiger partial charge on any atom is 0.252 e. The number of aryl methyl sites for hydroxylation is 1. The van der Waals surface area contributed by atoms with Crippen LogP contribution in [-0.4, -0.2) is 17.4 Å². The predicted molar refractivity (Wildman–Crippen MR) is 99.4 cm³/mol. The van der Waals surface area contributed by atoms with Crippen molar-refractivity contribution in [1.29, 1.82) is 0 Å². The number of hydrogen-bond acceptors (Lipinski definition) is 2. The first-order valence-electron chi connectivity index (χ1n) is 7.78. The van der Waals surface area contributed by atoms with E-state index >= 15 is 0 Å². The molecule has 122 valence electrons. The predicted octanol–water partition coefficient (Wildman–Crippen LogP) is 3.65. The number of hydrogen-bond donors (Lipinski definition) is 2. The maximum absolute atomic E-state index is 12.5. The summed E-state index contributed by atoms with van der Waals surface area (Å²) in [5.41, 5.74) is 2.02. The molecule has 0 saturated heterocycles. The van der Waals surface area contributed by atoms with E-state index in [2.05, 4.69) is 38.4 Å². The van der Waals surface area contributed by atoms with Crippen molar-refractivity contribution in [3.8, 4) is 0 Å². The molecular weight excluding hydrogens is 368 g/mol. The Kier molecular flexibility index (Phi) is 5.11. The van der Waals surface area contributed by atoms with Crippen molar-refractivity contribution in [2.24, 2.45) is 0 Å². The van der Waals surface area contributed by atoms with E-state index in [0.29, 0.717) is 17.6 Å². The van der Waals surface area contributed by atoms with E-state index in [9.17, 15) is 9.59 Å². The fourth-order valence-electron chi connectivity index (χ4n) is 2.65. The summed E-state index contributed by atoms with van der Waals surface area (Å²) in [6, 6.07) is 17.0. The second kappa shape index (κ2) is 7.45. The van der Waals surface area contributed by atoms with E-state index in [1.807, 2.05) is 30.3 Å². The summed E-state index contributed by atoms with van der Waals surface area (Å²) in [4.78, 5) is 27.0. The summed E-state index contributed by atoms with van der Waals surface area (Å²) in [6.45, 7) is 0.565. The number of rotatable bonds is 5. The van der Waals surface area contributed by atoms with Crippen LogP contribution in [0.4, 0.5) is 0 Å². The summed E-state index contributed by atoms with van der Waals surface area (Å²) < 4.78 is 0.861. The molecule has 0 aliphatic heterocycles. The Morgan fingerprint density at radius 3 is 2.67 bits per heavy atom. The Hall–Kier alpha value is -2.40. The molecule has 0 unspecified atom stereocenters. The number of nitrogens with one attached hydrogen (secondary N) is 2. The van der Waals surface area contributed by atoms with Gasteiger partial charge in [0.15, 0.2) is 0 Å². The highest BCUT2D eigenvalue weighted by Gasteiger charge is 2.11. The van der Waals surface area contributed by atoms with Gasteiger partial charge in [-0.2, -0.15) is 0 Å². The van der Waals surface area contributed by atoms with Crippen LogP contribution in [0.5, 0.6) is 0 Å². The van der Waals surface area contributed by atoms with Crippen molar-refractivity contribution >= 4 is 32.7 Å². The van der Waals surface area contributed by atoms with Crippen LogP contribution in [0.3, 0.4) is 0 Å². The zero-order chi connectivity index (χ0) is 16.9. The summed E-state index contributed by atoms with van der Waals surface area (Å²) in [7, 11) is 0. The second-order valence-corrected chi connectivity index (χ2v) is 6.50. The van der Waals surface area contributed by atoms with Gasteiger partial charge in [0.05, 0.1) is 5.56 Å². The Morgan fingerprint density at radius 2 is 1.88 bits per heavy atom. The van der Waals surface area contributed by atoms with Gasteiger partial charge in [0.25, 0.3) is 5.91 Å². The Bertz CT molecular complexity index is 920. The van der Waals surface area contributed by atoms with Gasteiger partial charge in [0.1, 0.15) is 0 Å². The van der Waals surface area contributed by atoms with Crippen LogP contribution in [0.25, 0.3) is 10.9 Å². The third-order valence-corrected chi connectivity index (χ3v) is 4.31. The van der Waals surface area contributed by atoms with Gasteiger partial charge in [-0.15, -0.1) is 0 Å². The lowest BCUT2D eigenvalue weighted by Crippen LogP contribution is -2.26. The van der Waals surface area contributed by atoms with Crippen LogP contribution in [0.15, 0.2) is 63.9 Å². The van der Waals surface area contributed by atoms with E-state index in [1.54, 1.807) is 6.07 Å². The topological polar surface area (TPSA) is 62.0 Å². The lowest BCUT2D eigenvalue weighted by atomic mass is 10.1. The number of amides is 1. The minimum Gasteiger partial charge on any atom is -0.352 e. The molecule has 2 N–H and O–H groups in total. The van der Waals surface area contributed by atoms with Crippen molar-refractivity contribution in [1.82, 2.24) is 10.3 Å². The number of aromatic amines is 1. The molecule has 2 aromatic carbocycles. The molecule has 4 nitrogen and oxygen atoms in total. The van der Waals surface area contributed by atoms with Gasteiger partial charge >= 0.3 is 0 Å². The summed E-state index contributed by atoms with van der Waals surface area (Å²) >= 11 is 3.40. The van der Waals surface area contributed by atoms with E-state index in [-0.39, 0.29) is 11.5 Å². The van der Waals surface area contributed by atoms with Gasteiger partial charge in [-0.1, -0.05) is 46.3 Å². The van der Waals surface area contributed by atoms with Gasteiger partial charge in [-0.3, -0.25) is 9.59 Å². The molecule has 0 radical (unpaired) electrons. The molecule has 0 spiro atoms. The fourth-order valence-corrected chi connectivity index (χ4v) is 3.01. The van der Waals surface area contributed by atoms with E-state index in [4.69, 9.17) is 0 Å². The number of halogens is 1. The highest BCUT2D eigenvalue weighted by Crippen LogP contribution is 2.20. The lowest BCUT2D eigenvalue weighted by molar-refractivity contribution is 0.0954. The van der Waals surface area contributed by atoms with Gasteiger partial charge in [-0.25, -0.2) is 0 Å². The van der Waals surface area contributed by atoms with Crippen LogP contribution in [0, 0.1) is 0 Å². The molecule has 0 atom stereocenters. The zero-order valence-corrected chi connectivity index (χ0v) is 14.6. The standard InChI is InChI=1S/C19H17BrN2O2/c20-14-8-9-17-15(11-14)16(12-18(23)22-17)19(24)21-10-4-7-13-5-2-1-3-6-13/h1-3,5-6,8-9,11-12H,4,7,10H2,(H,21,24)(H,22,23). The molecule has 1 amide bonds. The number of fused-ring (bicyclic) bond motifs is 1. The molecule has 24 heavy (non-hydrogen) atoms. The molecule has 1 heterocycles. The first-order valence-corrected chi connectivity index (χ1v) is 8.57. The fraction of sp³-hybridized carbons (Fsp3) is 0.158. The van der Waals surface area contributed by atoms with Crippen LogP contribution in [-0.2, 0) is 6.42 Å². The first kappa shape index (κ1) is 16.5. The Labute approximate surface area is 148 Å². The molecule has 1 aromatic heterocycles. The molecule has 0 fully saturated rings. The molecule has 3 aromatic rings. The lowest BCUT2D eigenvalue weighted by Gasteiger charge is -2.08. The highest BCUT2D eigenvalue weighted by molar-refractivity contribution is 9.10. The van der Waals surface area contributed by atoms with Crippen molar-refractivity contribution in [2.45, 2.75) is 12.8 Å². The maximum atomic E-state index is 12.5. The van der Waals surface area contributed by atoms with Gasteiger partial charge in [0.2, 0.25) is 5.56 Å². The highest BCUT2D eigenvalue weighted by atomic mass is 79.9.